The van der Waals surface area contributed by atoms with E-state index in [-0.39, 0.29) is 11.4 Å². The van der Waals surface area contributed by atoms with E-state index in [1.807, 2.05) is 24.3 Å². The van der Waals surface area contributed by atoms with E-state index in [2.05, 4.69) is 19.8 Å². The Morgan fingerprint density at radius 3 is 2.92 bits per heavy atom. The van der Waals surface area contributed by atoms with Crippen LogP contribution in [0.4, 0.5) is 0 Å². The molecule has 0 saturated heterocycles. The smallest absolute Gasteiger partial charge is 0.307 e. The molecule has 4 rings (SSSR count). The van der Waals surface area contributed by atoms with E-state index in [0.717, 1.165) is 15.7 Å². The Labute approximate surface area is 156 Å². The summed E-state index contributed by atoms with van der Waals surface area (Å²) in [6.07, 6.45) is 0. The third-order valence-corrected chi connectivity index (χ3v) is 4.74. The molecule has 0 bridgehead atoms. The molecule has 0 spiro atoms. The number of aromatic amines is 1. The van der Waals surface area contributed by atoms with Crippen molar-refractivity contribution in [2.75, 3.05) is 5.75 Å². The molecule has 0 aliphatic heterocycles. The van der Waals surface area contributed by atoms with E-state index in [1.165, 1.54) is 11.8 Å². The van der Waals surface area contributed by atoms with Gasteiger partial charge in [-0.1, -0.05) is 41.6 Å². The molecule has 2 aromatic heterocycles. The van der Waals surface area contributed by atoms with E-state index >= 15 is 0 Å². The maximum Gasteiger partial charge on any atom is 0.307 e. The van der Waals surface area contributed by atoms with Crippen molar-refractivity contribution in [2.45, 2.75) is 5.16 Å². The number of para-hydroxylation sites is 2. The Balaban J connectivity index is 1.57. The first-order valence-electron chi connectivity index (χ1n) is 7.57. The number of carbonyl (C=O) groups is 1. The van der Waals surface area contributed by atoms with E-state index < -0.39 is 11.7 Å². The summed E-state index contributed by atoms with van der Waals surface area (Å²) in [5, 5.41) is 16.7. The number of thioether (sulfide) groups is 1. The summed E-state index contributed by atoms with van der Waals surface area (Å²) in [7, 11) is 0. The van der Waals surface area contributed by atoms with Crippen molar-refractivity contribution in [3.63, 3.8) is 0 Å². The van der Waals surface area contributed by atoms with Crippen molar-refractivity contribution in [2.24, 2.45) is 0 Å². The number of imidazole rings is 1. The Morgan fingerprint density at radius 1 is 1.27 bits per heavy atom. The summed E-state index contributed by atoms with van der Waals surface area (Å²) in [5.74, 6) is -1.20. The normalized spacial score (nSPS) is 11.1. The fraction of sp³-hybridized carbons (Fsp3) is 0.0588. The van der Waals surface area contributed by atoms with E-state index in [9.17, 15) is 9.90 Å². The summed E-state index contributed by atoms with van der Waals surface area (Å²) in [6.45, 7) is 0. The van der Waals surface area contributed by atoms with Crippen LogP contribution in [0.2, 0.25) is 5.02 Å². The van der Waals surface area contributed by atoms with E-state index in [0.29, 0.717) is 15.9 Å². The minimum Gasteiger partial charge on any atom is -0.539 e. The lowest BCUT2D eigenvalue weighted by Crippen LogP contribution is -2.39. The molecule has 26 heavy (non-hydrogen) atoms. The Morgan fingerprint density at radius 2 is 2.12 bits per heavy atom. The molecule has 0 aliphatic rings. The second kappa shape index (κ2) is 6.81. The SMILES string of the molecule is O=C(CSc1nc2ccccc2[nH]1)c1c([O-])on[n+]1-c1cccc(Cl)c1. The number of nitrogens with zero attached hydrogens (tertiary/aromatic N) is 3. The van der Waals surface area contributed by atoms with Crippen molar-refractivity contribution < 1.29 is 19.1 Å². The van der Waals surface area contributed by atoms with Crippen molar-refractivity contribution in [3.8, 4) is 11.6 Å². The van der Waals surface area contributed by atoms with Gasteiger partial charge in [0.15, 0.2) is 11.1 Å². The summed E-state index contributed by atoms with van der Waals surface area (Å²) in [6, 6.07) is 14.2. The number of rotatable bonds is 5. The van der Waals surface area contributed by atoms with E-state index in [1.54, 1.807) is 24.3 Å². The monoisotopic (exact) mass is 386 g/mol. The standard InChI is InChI=1S/C17H11ClN4O3S/c18-10-4-3-5-11(8-10)22-15(16(24)25-21-22)14(23)9-26-17-19-12-6-1-2-7-13(12)20-17/h1-8H,9H2,(H-,19,20,21,23,24). The molecule has 7 nitrogen and oxygen atoms in total. The molecule has 2 aromatic carbocycles. The summed E-state index contributed by atoms with van der Waals surface area (Å²) < 4.78 is 5.83. The van der Waals surface area contributed by atoms with Crippen LogP contribution in [0.15, 0.2) is 58.2 Å². The second-order valence-electron chi connectivity index (χ2n) is 5.37. The third kappa shape index (κ3) is 3.16. The van der Waals surface area contributed by atoms with Gasteiger partial charge in [0.1, 0.15) is 0 Å². The maximum atomic E-state index is 12.6. The van der Waals surface area contributed by atoms with Gasteiger partial charge >= 0.3 is 5.69 Å². The van der Waals surface area contributed by atoms with Gasteiger partial charge in [-0.25, -0.2) is 4.98 Å². The summed E-state index contributed by atoms with van der Waals surface area (Å²) in [5.41, 5.74) is 2.01. The van der Waals surface area contributed by atoms with Gasteiger partial charge in [0.05, 0.1) is 22.1 Å². The van der Waals surface area contributed by atoms with Crippen LogP contribution >= 0.6 is 23.4 Å². The molecule has 0 aliphatic carbocycles. The molecule has 0 radical (unpaired) electrons. The number of hydrogen-bond donors (Lipinski definition) is 1. The van der Waals surface area contributed by atoms with Crippen molar-refractivity contribution in [1.82, 2.24) is 15.2 Å². The maximum absolute atomic E-state index is 12.6. The molecule has 9 heteroatoms. The van der Waals surface area contributed by atoms with Gasteiger partial charge in [0, 0.05) is 17.2 Å². The lowest BCUT2D eigenvalue weighted by molar-refractivity contribution is -0.672. The van der Waals surface area contributed by atoms with Crippen LogP contribution in [-0.4, -0.2) is 26.8 Å². The zero-order valence-electron chi connectivity index (χ0n) is 13.2. The highest BCUT2D eigenvalue weighted by atomic mass is 35.5. The number of ketones is 1. The highest BCUT2D eigenvalue weighted by Crippen LogP contribution is 2.21. The molecule has 0 unspecified atom stereocenters. The average Bonchev–Trinajstić information content (AvgIpc) is 3.22. The molecule has 130 valence electrons. The minimum absolute atomic E-state index is 0.0108. The fourth-order valence-electron chi connectivity index (χ4n) is 2.46. The number of aromatic nitrogens is 4. The quantitative estimate of drug-likeness (QED) is 0.321. The average molecular weight is 387 g/mol. The number of hydrogen-bond acceptors (Lipinski definition) is 6. The van der Waals surface area contributed by atoms with Crippen LogP contribution in [0.5, 0.6) is 5.95 Å². The number of halogens is 1. The predicted molar refractivity (Wildman–Crippen MR) is 93.6 cm³/mol. The lowest BCUT2D eigenvalue weighted by atomic mass is 10.3. The van der Waals surface area contributed by atoms with Crippen molar-refractivity contribution >= 4 is 40.2 Å². The second-order valence-corrected chi connectivity index (χ2v) is 6.77. The number of nitrogens with one attached hydrogen (secondary N) is 1. The minimum atomic E-state index is -0.791. The number of H-pyrrole nitrogens is 1. The van der Waals surface area contributed by atoms with Crippen molar-refractivity contribution in [3.05, 3.63) is 59.2 Å². The highest BCUT2D eigenvalue weighted by molar-refractivity contribution is 7.99. The van der Waals surface area contributed by atoms with Crippen LogP contribution < -0.4 is 9.79 Å². The molecule has 0 amide bonds. The summed E-state index contributed by atoms with van der Waals surface area (Å²) >= 11 is 7.17. The molecule has 0 saturated carbocycles. The molecule has 0 fully saturated rings. The van der Waals surface area contributed by atoms with Crippen LogP contribution in [0, 0.1) is 0 Å². The van der Waals surface area contributed by atoms with Gasteiger partial charge in [-0.3, -0.25) is 4.79 Å². The molecular weight excluding hydrogens is 376 g/mol. The largest absolute Gasteiger partial charge is 0.539 e. The number of carbonyl (C=O) groups excluding carboxylic acids is 1. The Bertz CT molecular complexity index is 1080. The van der Waals surface area contributed by atoms with Crippen LogP contribution in [0.3, 0.4) is 0 Å². The number of fused-ring (bicyclic) bond motifs is 1. The molecule has 0 atom stereocenters. The van der Waals surface area contributed by atoms with Gasteiger partial charge in [-0.05, 0) is 22.9 Å². The highest BCUT2D eigenvalue weighted by Gasteiger charge is 2.27. The summed E-state index contributed by atoms with van der Waals surface area (Å²) in [4.78, 5) is 20.1. The van der Waals surface area contributed by atoms with Gasteiger partial charge in [0.25, 0.3) is 0 Å². The first-order valence-corrected chi connectivity index (χ1v) is 8.94. The number of Topliss-reactive ketones (excluding diaryl/α,β-unsaturated/α-hetero) is 1. The van der Waals surface area contributed by atoms with Gasteiger partial charge < -0.3 is 14.6 Å². The van der Waals surface area contributed by atoms with Gasteiger partial charge in [-0.2, -0.15) is 0 Å². The van der Waals surface area contributed by atoms with Crippen LogP contribution in [0.1, 0.15) is 10.5 Å². The third-order valence-electron chi connectivity index (χ3n) is 3.64. The van der Waals surface area contributed by atoms with Crippen LogP contribution in [0.25, 0.3) is 16.7 Å². The Kier molecular flexibility index (Phi) is 4.36. The zero-order valence-corrected chi connectivity index (χ0v) is 14.8. The molecule has 2 heterocycles. The zero-order chi connectivity index (χ0) is 18.1. The first kappa shape index (κ1) is 16.6. The predicted octanol–water partition coefficient (Wildman–Crippen LogP) is 2.53. The lowest BCUT2D eigenvalue weighted by Gasteiger charge is -1.98. The Hall–Kier alpha value is -2.84. The van der Waals surface area contributed by atoms with Crippen molar-refractivity contribution in [1.29, 1.82) is 0 Å². The molecule has 1 N–H and O–H groups in total. The number of benzene rings is 2. The molecular formula is C17H11ClN4O3S. The van der Waals surface area contributed by atoms with Crippen LogP contribution in [-0.2, 0) is 0 Å². The fourth-order valence-corrected chi connectivity index (χ4v) is 3.40. The first-order chi connectivity index (χ1) is 12.6. The topological polar surface area (TPSA) is 98.7 Å². The van der Waals surface area contributed by atoms with Gasteiger partial charge in [0.2, 0.25) is 11.5 Å². The van der Waals surface area contributed by atoms with Gasteiger partial charge in [-0.15, -0.1) is 0 Å². The van der Waals surface area contributed by atoms with E-state index in [4.69, 9.17) is 11.6 Å². The molecule has 4 aromatic rings.